The molecule has 1 aromatic rings. The number of hydrogen-bond donors (Lipinski definition) is 1. The van der Waals surface area contributed by atoms with Gasteiger partial charge in [-0.05, 0) is 49.9 Å². The molecular formula is C18H25FN2O2. The number of carbonyl (C=O) groups is 1. The largest absolute Gasteiger partial charge is 0.494 e. The van der Waals surface area contributed by atoms with E-state index < -0.39 is 5.82 Å². The summed E-state index contributed by atoms with van der Waals surface area (Å²) in [4.78, 5) is 14.8. The van der Waals surface area contributed by atoms with Crippen LogP contribution in [0.2, 0.25) is 0 Å². The van der Waals surface area contributed by atoms with Crippen LogP contribution in [-0.2, 0) is 0 Å². The second kappa shape index (κ2) is 7.30. The number of nitrogens with zero attached hydrogens (tertiary/aromatic N) is 1. The van der Waals surface area contributed by atoms with Gasteiger partial charge in [0, 0.05) is 24.7 Å². The number of halogens is 1. The van der Waals surface area contributed by atoms with Crippen LogP contribution in [0.25, 0.3) is 0 Å². The van der Waals surface area contributed by atoms with E-state index in [0.717, 1.165) is 25.6 Å². The third-order valence-corrected chi connectivity index (χ3v) is 5.12. The molecule has 1 heterocycles. The Morgan fingerprint density at radius 2 is 2.13 bits per heavy atom. The molecule has 23 heavy (non-hydrogen) atoms. The van der Waals surface area contributed by atoms with Crippen LogP contribution in [0.15, 0.2) is 18.2 Å². The van der Waals surface area contributed by atoms with Crippen molar-refractivity contribution < 1.29 is 13.9 Å². The molecule has 2 fully saturated rings. The molecule has 1 aliphatic heterocycles. The van der Waals surface area contributed by atoms with Crippen molar-refractivity contribution in [1.29, 1.82) is 0 Å². The zero-order chi connectivity index (χ0) is 16.2. The fourth-order valence-electron chi connectivity index (χ4n) is 3.77. The Labute approximate surface area is 137 Å². The van der Waals surface area contributed by atoms with Gasteiger partial charge in [-0.25, -0.2) is 4.39 Å². The monoisotopic (exact) mass is 320 g/mol. The molecule has 126 valence electrons. The maximum atomic E-state index is 13.4. The van der Waals surface area contributed by atoms with Gasteiger partial charge in [0.25, 0.3) is 5.91 Å². The summed E-state index contributed by atoms with van der Waals surface area (Å²) in [7, 11) is 1.40. The van der Waals surface area contributed by atoms with E-state index >= 15 is 0 Å². The van der Waals surface area contributed by atoms with Crippen LogP contribution in [0.3, 0.4) is 0 Å². The number of ether oxygens (including phenoxy) is 1. The zero-order valence-corrected chi connectivity index (χ0v) is 13.7. The Bertz CT molecular complexity index is 558. The minimum atomic E-state index is -0.452. The second-order valence-electron chi connectivity index (χ2n) is 6.65. The van der Waals surface area contributed by atoms with Gasteiger partial charge in [-0.2, -0.15) is 0 Å². The first-order chi connectivity index (χ1) is 11.2. The Morgan fingerprint density at radius 1 is 1.35 bits per heavy atom. The molecule has 0 spiro atoms. The summed E-state index contributed by atoms with van der Waals surface area (Å²) in [6, 6.07) is 4.97. The topological polar surface area (TPSA) is 41.6 Å². The van der Waals surface area contributed by atoms with Crippen molar-refractivity contribution in [3.05, 3.63) is 29.6 Å². The first-order valence-corrected chi connectivity index (χ1v) is 8.53. The van der Waals surface area contributed by atoms with Gasteiger partial charge < -0.3 is 15.0 Å². The Kier molecular flexibility index (Phi) is 5.16. The Morgan fingerprint density at radius 3 is 2.87 bits per heavy atom. The highest BCUT2D eigenvalue weighted by molar-refractivity contribution is 5.94. The van der Waals surface area contributed by atoms with Crippen LogP contribution in [0.5, 0.6) is 5.75 Å². The van der Waals surface area contributed by atoms with Crippen molar-refractivity contribution in [2.24, 2.45) is 5.92 Å². The van der Waals surface area contributed by atoms with E-state index in [1.165, 1.54) is 51.0 Å². The molecule has 1 unspecified atom stereocenters. The van der Waals surface area contributed by atoms with Gasteiger partial charge in [0.2, 0.25) is 0 Å². The molecule has 1 amide bonds. The highest BCUT2D eigenvalue weighted by atomic mass is 19.1. The number of amides is 1. The van der Waals surface area contributed by atoms with Crippen LogP contribution < -0.4 is 10.1 Å². The molecule has 0 aromatic heterocycles. The molecular weight excluding hydrogens is 295 g/mol. The van der Waals surface area contributed by atoms with E-state index in [2.05, 4.69) is 10.2 Å². The molecule has 0 radical (unpaired) electrons. The first kappa shape index (κ1) is 16.2. The SMILES string of the molecule is COc1cc(C(=O)NCC2CCN(C3CCCC3)C2)ccc1F. The van der Waals surface area contributed by atoms with Crippen LogP contribution in [0, 0.1) is 11.7 Å². The predicted molar refractivity (Wildman–Crippen MR) is 87.2 cm³/mol. The molecule has 4 nitrogen and oxygen atoms in total. The average molecular weight is 320 g/mol. The standard InChI is InChI=1S/C18H25FN2O2/c1-23-17-10-14(6-7-16(17)19)18(22)20-11-13-8-9-21(12-13)15-4-2-3-5-15/h6-7,10,13,15H,2-5,8-9,11-12H2,1H3,(H,20,22). The van der Waals surface area contributed by atoms with E-state index in [1.807, 2.05) is 0 Å². The molecule has 3 rings (SSSR count). The Balaban J connectivity index is 1.49. The zero-order valence-electron chi connectivity index (χ0n) is 13.7. The van der Waals surface area contributed by atoms with Gasteiger partial charge in [0.05, 0.1) is 7.11 Å². The second-order valence-corrected chi connectivity index (χ2v) is 6.65. The summed E-state index contributed by atoms with van der Waals surface area (Å²) in [5, 5.41) is 2.98. The molecule has 1 N–H and O–H groups in total. The molecule has 0 bridgehead atoms. The summed E-state index contributed by atoms with van der Waals surface area (Å²) >= 11 is 0. The van der Waals surface area contributed by atoms with Crippen molar-refractivity contribution in [3.63, 3.8) is 0 Å². The maximum Gasteiger partial charge on any atom is 0.251 e. The van der Waals surface area contributed by atoms with E-state index in [1.54, 1.807) is 0 Å². The number of nitrogens with one attached hydrogen (secondary N) is 1. The number of benzene rings is 1. The lowest BCUT2D eigenvalue weighted by molar-refractivity contribution is 0.0946. The van der Waals surface area contributed by atoms with Gasteiger partial charge in [-0.15, -0.1) is 0 Å². The predicted octanol–water partition coefficient (Wildman–Crippen LogP) is 2.83. The summed E-state index contributed by atoms with van der Waals surface area (Å²) < 4.78 is 18.3. The summed E-state index contributed by atoms with van der Waals surface area (Å²) in [5.41, 5.74) is 0.439. The van der Waals surface area contributed by atoms with Gasteiger partial charge in [-0.3, -0.25) is 4.79 Å². The minimum absolute atomic E-state index is 0.103. The third-order valence-electron chi connectivity index (χ3n) is 5.12. The highest BCUT2D eigenvalue weighted by Gasteiger charge is 2.29. The fraction of sp³-hybridized carbons (Fsp3) is 0.611. The van der Waals surface area contributed by atoms with E-state index in [4.69, 9.17) is 4.74 Å². The van der Waals surface area contributed by atoms with Gasteiger partial charge >= 0.3 is 0 Å². The van der Waals surface area contributed by atoms with E-state index in [9.17, 15) is 9.18 Å². The number of methoxy groups -OCH3 is 1. The van der Waals surface area contributed by atoms with Crippen molar-refractivity contribution >= 4 is 5.91 Å². The van der Waals surface area contributed by atoms with Crippen LogP contribution in [-0.4, -0.2) is 43.6 Å². The van der Waals surface area contributed by atoms with Crippen molar-refractivity contribution in [1.82, 2.24) is 10.2 Å². The van der Waals surface area contributed by atoms with Crippen LogP contribution in [0.4, 0.5) is 4.39 Å². The average Bonchev–Trinajstić information content (AvgIpc) is 3.24. The van der Waals surface area contributed by atoms with Gasteiger partial charge in [-0.1, -0.05) is 12.8 Å². The normalized spacial score (nSPS) is 22.4. The minimum Gasteiger partial charge on any atom is -0.494 e. The molecule has 2 aliphatic rings. The molecule has 1 aromatic carbocycles. The molecule has 5 heteroatoms. The van der Waals surface area contributed by atoms with Crippen molar-refractivity contribution in [2.75, 3.05) is 26.7 Å². The third kappa shape index (κ3) is 3.83. The number of rotatable bonds is 5. The maximum absolute atomic E-state index is 13.4. The molecule has 1 aliphatic carbocycles. The number of hydrogen-bond acceptors (Lipinski definition) is 3. The van der Waals surface area contributed by atoms with E-state index in [0.29, 0.717) is 18.0 Å². The lowest BCUT2D eigenvalue weighted by Gasteiger charge is -2.23. The quantitative estimate of drug-likeness (QED) is 0.907. The molecule has 1 saturated heterocycles. The van der Waals surface area contributed by atoms with Crippen molar-refractivity contribution in [2.45, 2.75) is 38.1 Å². The first-order valence-electron chi connectivity index (χ1n) is 8.53. The fourth-order valence-corrected chi connectivity index (χ4v) is 3.77. The lowest BCUT2D eigenvalue weighted by atomic mass is 10.1. The van der Waals surface area contributed by atoms with Gasteiger partial charge in [0.15, 0.2) is 11.6 Å². The van der Waals surface area contributed by atoms with Gasteiger partial charge in [0.1, 0.15) is 0 Å². The number of carbonyl (C=O) groups excluding carboxylic acids is 1. The van der Waals surface area contributed by atoms with Crippen LogP contribution in [0.1, 0.15) is 42.5 Å². The highest BCUT2D eigenvalue weighted by Crippen LogP contribution is 2.28. The van der Waals surface area contributed by atoms with Crippen LogP contribution >= 0.6 is 0 Å². The molecule has 1 atom stereocenters. The summed E-state index contributed by atoms with van der Waals surface area (Å²) in [6.45, 7) is 2.91. The smallest absolute Gasteiger partial charge is 0.251 e. The lowest BCUT2D eigenvalue weighted by Crippen LogP contribution is -2.34. The Hall–Kier alpha value is -1.62. The number of likely N-dealkylation sites (tertiary alicyclic amines) is 1. The van der Waals surface area contributed by atoms with E-state index in [-0.39, 0.29) is 11.7 Å². The summed E-state index contributed by atoms with van der Waals surface area (Å²) in [5.74, 6) is 0.00230. The van der Waals surface area contributed by atoms with Crippen molar-refractivity contribution in [3.8, 4) is 5.75 Å². The molecule has 1 saturated carbocycles. The summed E-state index contributed by atoms with van der Waals surface area (Å²) in [6.07, 6.45) is 6.51.